The van der Waals surface area contributed by atoms with E-state index in [1.807, 2.05) is 6.07 Å². The van der Waals surface area contributed by atoms with E-state index in [0.29, 0.717) is 23.5 Å². The minimum absolute atomic E-state index is 0.0552. The van der Waals surface area contributed by atoms with E-state index < -0.39 is 0 Å². The molecule has 0 saturated heterocycles. The first-order valence-electron chi connectivity index (χ1n) is 4.94. The second-order valence-corrected chi connectivity index (χ2v) is 3.54. The monoisotopic (exact) mass is 231 g/mol. The Morgan fingerprint density at radius 2 is 2.24 bits per heavy atom. The molecule has 8 heteroatoms. The van der Waals surface area contributed by atoms with Crippen LogP contribution in [0.25, 0.3) is 11.2 Å². The van der Waals surface area contributed by atoms with Gasteiger partial charge in [0.15, 0.2) is 11.2 Å². The molecule has 0 aliphatic heterocycles. The number of aromatic amines is 2. The molecule has 0 aliphatic carbocycles. The van der Waals surface area contributed by atoms with Crippen LogP contribution in [0, 0.1) is 0 Å². The molecule has 3 aromatic heterocycles. The summed E-state index contributed by atoms with van der Waals surface area (Å²) in [5.41, 5.74) is 5.74. The van der Waals surface area contributed by atoms with E-state index in [4.69, 9.17) is 5.73 Å². The van der Waals surface area contributed by atoms with Crippen molar-refractivity contribution in [2.45, 2.75) is 6.54 Å². The summed E-state index contributed by atoms with van der Waals surface area (Å²) in [5.74, 6) is 0.659. The van der Waals surface area contributed by atoms with Crippen molar-refractivity contribution in [3.63, 3.8) is 0 Å². The lowest BCUT2D eigenvalue weighted by Gasteiger charge is -1.95. The molecule has 0 aromatic carbocycles. The minimum atomic E-state index is -0.327. The Kier molecular flexibility index (Phi) is 1.94. The highest BCUT2D eigenvalue weighted by atomic mass is 16.1. The highest BCUT2D eigenvalue weighted by Gasteiger charge is 2.08. The van der Waals surface area contributed by atoms with Crippen molar-refractivity contribution in [3.05, 3.63) is 34.6 Å². The average molecular weight is 231 g/mol. The van der Waals surface area contributed by atoms with Crippen LogP contribution in [0.3, 0.4) is 0 Å². The Hall–Kier alpha value is -2.64. The lowest BCUT2D eigenvalue weighted by molar-refractivity contribution is 0.663. The lowest BCUT2D eigenvalue weighted by Crippen LogP contribution is -2.10. The van der Waals surface area contributed by atoms with Crippen molar-refractivity contribution in [1.82, 2.24) is 29.7 Å². The highest BCUT2D eigenvalue weighted by Crippen LogP contribution is 2.05. The second kappa shape index (κ2) is 3.44. The maximum absolute atomic E-state index is 11.5. The number of nitrogens with one attached hydrogen (secondary N) is 2. The standard InChI is InChI=1S/C9H9N7O/c10-9-14-7-6(8(17)15-9)12-5(13-7)4-16-3-1-2-11-16/h1-3H,4H2,(H4,10,12,13,14,15,17). The molecule has 0 spiro atoms. The molecule has 3 aromatic rings. The fourth-order valence-electron chi connectivity index (χ4n) is 1.59. The van der Waals surface area contributed by atoms with Crippen molar-refractivity contribution in [3.8, 4) is 0 Å². The number of nitrogens with zero attached hydrogens (tertiary/aromatic N) is 4. The smallest absolute Gasteiger partial charge is 0.278 e. The van der Waals surface area contributed by atoms with E-state index in [1.165, 1.54) is 0 Å². The van der Waals surface area contributed by atoms with Crippen molar-refractivity contribution < 1.29 is 0 Å². The number of nitrogen functional groups attached to an aromatic ring is 1. The van der Waals surface area contributed by atoms with Crippen molar-refractivity contribution in [2.24, 2.45) is 0 Å². The third-order valence-corrected chi connectivity index (χ3v) is 2.30. The fourth-order valence-corrected chi connectivity index (χ4v) is 1.59. The van der Waals surface area contributed by atoms with E-state index in [-0.39, 0.29) is 11.5 Å². The molecule has 0 aliphatic rings. The number of fused-ring (bicyclic) bond motifs is 1. The van der Waals surface area contributed by atoms with Gasteiger partial charge >= 0.3 is 0 Å². The summed E-state index contributed by atoms with van der Waals surface area (Å²) in [6, 6.07) is 1.81. The van der Waals surface area contributed by atoms with Crippen LogP contribution in [0.2, 0.25) is 0 Å². The van der Waals surface area contributed by atoms with Gasteiger partial charge in [-0.1, -0.05) is 0 Å². The van der Waals surface area contributed by atoms with Gasteiger partial charge < -0.3 is 10.7 Å². The van der Waals surface area contributed by atoms with Gasteiger partial charge in [0.2, 0.25) is 5.95 Å². The number of H-pyrrole nitrogens is 2. The predicted molar refractivity (Wildman–Crippen MR) is 60.3 cm³/mol. The van der Waals surface area contributed by atoms with Gasteiger partial charge in [-0.25, -0.2) is 4.98 Å². The number of anilines is 1. The molecular weight excluding hydrogens is 222 g/mol. The molecule has 17 heavy (non-hydrogen) atoms. The molecule has 0 saturated carbocycles. The van der Waals surface area contributed by atoms with Crippen LogP contribution in [0.5, 0.6) is 0 Å². The zero-order valence-corrected chi connectivity index (χ0v) is 8.71. The van der Waals surface area contributed by atoms with Gasteiger partial charge in [0.1, 0.15) is 5.82 Å². The number of aromatic nitrogens is 6. The lowest BCUT2D eigenvalue weighted by atomic mass is 10.5. The van der Waals surface area contributed by atoms with Crippen LogP contribution in [0.15, 0.2) is 23.3 Å². The normalized spacial score (nSPS) is 11.1. The van der Waals surface area contributed by atoms with Gasteiger partial charge in [-0.05, 0) is 6.07 Å². The van der Waals surface area contributed by atoms with E-state index in [0.717, 1.165) is 0 Å². The molecule has 8 nitrogen and oxygen atoms in total. The first kappa shape index (κ1) is 9.58. The SMILES string of the molecule is Nc1nc2nc(Cn3cccn3)[nH]c2c(=O)[nH]1. The zero-order valence-electron chi connectivity index (χ0n) is 8.71. The Balaban J connectivity index is 2.08. The van der Waals surface area contributed by atoms with Gasteiger partial charge in [-0.15, -0.1) is 0 Å². The summed E-state index contributed by atoms with van der Waals surface area (Å²) in [6.45, 7) is 0.447. The first-order chi connectivity index (χ1) is 8.22. The maximum atomic E-state index is 11.5. The first-order valence-corrected chi connectivity index (χ1v) is 4.94. The number of rotatable bonds is 2. The summed E-state index contributed by atoms with van der Waals surface area (Å²) < 4.78 is 1.69. The van der Waals surface area contributed by atoms with Crippen LogP contribution in [-0.2, 0) is 6.54 Å². The number of imidazole rings is 1. The second-order valence-electron chi connectivity index (χ2n) is 3.54. The summed E-state index contributed by atoms with van der Waals surface area (Å²) in [4.78, 5) is 25.0. The van der Waals surface area contributed by atoms with Crippen molar-refractivity contribution in [2.75, 3.05) is 5.73 Å². The predicted octanol–water partition coefficient (Wildman–Crippen LogP) is -0.527. The third-order valence-electron chi connectivity index (χ3n) is 2.30. The minimum Gasteiger partial charge on any atom is -0.369 e. The molecular formula is C9H9N7O. The van der Waals surface area contributed by atoms with Gasteiger partial charge in [0.05, 0.1) is 6.54 Å². The van der Waals surface area contributed by atoms with Gasteiger partial charge in [-0.2, -0.15) is 10.1 Å². The average Bonchev–Trinajstić information content (AvgIpc) is 2.87. The Bertz CT molecular complexity index is 709. The molecule has 0 atom stereocenters. The maximum Gasteiger partial charge on any atom is 0.278 e. The largest absolute Gasteiger partial charge is 0.369 e. The van der Waals surface area contributed by atoms with Crippen LogP contribution < -0.4 is 11.3 Å². The number of hydrogen-bond donors (Lipinski definition) is 3. The summed E-state index contributed by atoms with van der Waals surface area (Å²) in [6.07, 6.45) is 3.48. The van der Waals surface area contributed by atoms with Gasteiger partial charge in [0.25, 0.3) is 5.56 Å². The molecule has 3 heterocycles. The molecule has 0 unspecified atom stereocenters. The number of nitrogens with two attached hydrogens (primary N) is 1. The van der Waals surface area contributed by atoms with Crippen LogP contribution in [0.4, 0.5) is 5.95 Å². The van der Waals surface area contributed by atoms with Crippen molar-refractivity contribution in [1.29, 1.82) is 0 Å². The topological polar surface area (TPSA) is 118 Å². The molecule has 0 fully saturated rings. The van der Waals surface area contributed by atoms with Crippen LogP contribution in [0.1, 0.15) is 5.82 Å². The van der Waals surface area contributed by atoms with Crippen LogP contribution >= 0.6 is 0 Å². The van der Waals surface area contributed by atoms with E-state index in [1.54, 1.807) is 17.1 Å². The van der Waals surface area contributed by atoms with Gasteiger partial charge in [-0.3, -0.25) is 14.5 Å². The third kappa shape index (κ3) is 1.65. The van der Waals surface area contributed by atoms with Crippen molar-refractivity contribution >= 4 is 17.1 Å². The van der Waals surface area contributed by atoms with E-state index in [9.17, 15) is 4.79 Å². The zero-order chi connectivity index (χ0) is 11.8. The Morgan fingerprint density at radius 3 is 3.00 bits per heavy atom. The molecule has 86 valence electrons. The van der Waals surface area contributed by atoms with E-state index in [2.05, 4.69) is 25.0 Å². The summed E-state index contributed by atoms with van der Waals surface area (Å²) >= 11 is 0. The molecule has 3 rings (SSSR count). The molecule has 0 bridgehead atoms. The van der Waals surface area contributed by atoms with E-state index >= 15 is 0 Å². The highest BCUT2D eigenvalue weighted by molar-refractivity contribution is 5.70. The molecule has 0 radical (unpaired) electrons. The van der Waals surface area contributed by atoms with Gasteiger partial charge in [0, 0.05) is 12.4 Å². The molecule has 0 amide bonds. The van der Waals surface area contributed by atoms with Crippen LogP contribution in [-0.4, -0.2) is 29.7 Å². The summed E-state index contributed by atoms with van der Waals surface area (Å²) in [5, 5.41) is 4.05. The summed E-state index contributed by atoms with van der Waals surface area (Å²) in [7, 11) is 0. The Morgan fingerprint density at radius 1 is 1.35 bits per heavy atom. The number of hydrogen-bond acceptors (Lipinski definition) is 5. The quantitative estimate of drug-likeness (QED) is 0.548. The fraction of sp³-hybridized carbons (Fsp3) is 0.111. The molecule has 4 N–H and O–H groups in total. The Labute approximate surface area is 94.5 Å².